The first-order valence-corrected chi connectivity index (χ1v) is 5.42. The summed E-state index contributed by atoms with van der Waals surface area (Å²) >= 11 is 5.47. The van der Waals surface area contributed by atoms with Gasteiger partial charge in [0.1, 0.15) is 5.88 Å². The van der Waals surface area contributed by atoms with Crippen LogP contribution in [0.2, 0.25) is 0 Å². The van der Waals surface area contributed by atoms with Gasteiger partial charge in [-0.2, -0.15) is 0 Å². The Hall–Kier alpha value is -1.42. The van der Waals surface area contributed by atoms with Gasteiger partial charge in [-0.05, 0) is 17.7 Å². The van der Waals surface area contributed by atoms with Crippen molar-refractivity contribution >= 4 is 17.5 Å². The topological polar surface area (TPSA) is 38.8 Å². The molecule has 1 amide bonds. The predicted molar refractivity (Wildman–Crippen MR) is 59.8 cm³/mol. The summed E-state index contributed by atoms with van der Waals surface area (Å²) in [6, 6.07) is 5.63. The third-order valence-corrected chi connectivity index (χ3v) is 2.63. The van der Waals surface area contributed by atoms with Gasteiger partial charge < -0.3 is 14.4 Å². The number of ether oxygens (including phenoxy) is 2. The summed E-state index contributed by atoms with van der Waals surface area (Å²) in [4.78, 5) is 12.9. The minimum atomic E-state index is -0.0978. The molecule has 0 aromatic heterocycles. The van der Waals surface area contributed by atoms with Crippen molar-refractivity contribution in [2.45, 2.75) is 6.54 Å². The minimum absolute atomic E-state index is 0.00104. The van der Waals surface area contributed by atoms with Crippen molar-refractivity contribution in [1.29, 1.82) is 0 Å². The van der Waals surface area contributed by atoms with Gasteiger partial charge in [0.2, 0.25) is 12.7 Å². The summed E-state index contributed by atoms with van der Waals surface area (Å²) in [6.07, 6.45) is 0. The zero-order valence-corrected chi connectivity index (χ0v) is 9.66. The highest BCUT2D eigenvalue weighted by Gasteiger charge is 2.14. The minimum Gasteiger partial charge on any atom is -0.454 e. The molecule has 4 nitrogen and oxygen atoms in total. The van der Waals surface area contributed by atoms with Crippen molar-refractivity contribution < 1.29 is 14.3 Å². The Morgan fingerprint density at radius 2 is 2.19 bits per heavy atom. The maximum absolute atomic E-state index is 11.3. The molecule has 0 aliphatic carbocycles. The molecule has 86 valence electrons. The second kappa shape index (κ2) is 4.61. The van der Waals surface area contributed by atoms with Crippen molar-refractivity contribution in [3.8, 4) is 11.5 Å². The Morgan fingerprint density at radius 3 is 2.94 bits per heavy atom. The highest BCUT2D eigenvalue weighted by atomic mass is 35.5. The quantitative estimate of drug-likeness (QED) is 0.755. The number of nitrogens with zero attached hydrogens (tertiary/aromatic N) is 1. The third kappa shape index (κ3) is 2.22. The molecule has 1 aromatic carbocycles. The second-order valence-corrected chi connectivity index (χ2v) is 3.84. The molecule has 0 saturated carbocycles. The first-order chi connectivity index (χ1) is 7.70. The SMILES string of the molecule is CN(Cc1ccc2c(c1)OCO2)C(=O)CCl. The molecule has 1 aromatic rings. The van der Waals surface area contributed by atoms with Crippen LogP contribution in [-0.2, 0) is 11.3 Å². The Kier molecular flexibility index (Phi) is 3.19. The summed E-state index contributed by atoms with van der Waals surface area (Å²) in [7, 11) is 1.72. The van der Waals surface area contributed by atoms with E-state index in [0.29, 0.717) is 6.54 Å². The Labute approximate surface area is 98.7 Å². The normalized spacial score (nSPS) is 12.6. The fourth-order valence-corrected chi connectivity index (χ4v) is 1.71. The van der Waals surface area contributed by atoms with Gasteiger partial charge in [0, 0.05) is 13.6 Å². The van der Waals surface area contributed by atoms with Gasteiger partial charge >= 0.3 is 0 Å². The van der Waals surface area contributed by atoms with E-state index in [4.69, 9.17) is 21.1 Å². The van der Waals surface area contributed by atoms with Gasteiger partial charge in [-0.1, -0.05) is 6.07 Å². The molecular weight excluding hydrogens is 230 g/mol. The number of fused-ring (bicyclic) bond motifs is 1. The van der Waals surface area contributed by atoms with E-state index in [-0.39, 0.29) is 18.6 Å². The van der Waals surface area contributed by atoms with Crippen molar-refractivity contribution in [3.05, 3.63) is 23.8 Å². The van der Waals surface area contributed by atoms with Gasteiger partial charge in [-0.3, -0.25) is 4.79 Å². The maximum Gasteiger partial charge on any atom is 0.237 e. The monoisotopic (exact) mass is 241 g/mol. The van der Waals surface area contributed by atoms with Crippen LogP contribution in [0.5, 0.6) is 11.5 Å². The lowest BCUT2D eigenvalue weighted by Gasteiger charge is -2.15. The van der Waals surface area contributed by atoms with Crippen LogP contribution in [0.3, 0.4) is 0 Å². The molecule has 1 aliphatic rings. The Morgan fingerprint density at radius 1 is 1.44 bits per heavy atom. The molecule has 5 heteroatoms. The van der Waals surface area contributed by atoms with E-state index in [1.165, 1.54) is 0 Å². The highest BCUT2D eigenvalue weighted by Crippen LogP contribution is 2.32. The van der Waals surface area contributed by atoms with Crippen LogP contribution < -0.4 is 9.47 Å². The number of carbonyl (C=O) groups is 1. The number of carbonyl (C=O) groups excluding carboxylic acids is 1. The predicted octanol–water partition coefficient (Wildman–Crippen LogP) is 1.61. The number of hydrogen-bond acceptors (Lipinski definition) is 3. The first-order valence-electron chi connectivity index (χ1n) is 4.89. The number of benzene rings is 1. The van der Waals surface area contributed by atoms with E-state index in [0.717, 1.165) is 17.1 Å². The molecule has 0 unspecified atom stereocenters. The van der Waals surface area contributed by atoms with Crippen LogP contribution >= 0.6 is 11.6 Å². The molecule has 0 fully saturated rings. The number of alkyl halides is 1. The molecule has 0 radical (unpaired) electrons. The van der Waals surface area contributed by atoms with Crippen molar-refractivity contribution in [3.63, 3.8) is 0 Å². The average Bonchev–Trinajstić information content (AvgIpc) is 2.75. The van der Waals surface area contributed by atoms with E-state index in [9.17, 15) is 4.79 Å². The number of amides is 1. The van der Waals surface area contributed by atoms with Crippen LogP contribution in [0, 0.1) is 0 Å². The fraction of sp³-hybridized carbons (Fsp3) is 0.364. The molecule has 0 bridgehead atoms. The van der Waals surface area contributed by atoms with E-state index < -0.39 is 0 Å². The maximum atomic E-state index is 11.3. The third-order valence-electron chi connectivity index (χ3n) is 2.40. The van der Waals surface area contributed by atoms with E-state index in [1.807, 2.05) is 18.2 Å². The number of hydrogen-bond donors (Lipinski definition) is 0. The largest absolute Gasteiger partial charge is 0.454 e. The number of rotatable bonds is 3. The van der Waals surface area contributed by atoms with E-state index in [1.54, 1.807) is 11.9 Å². The van der Waals surface area contributed by atoms with Gasteiger partial charge in [0.05, 0.1) is 0 Å². The van der Waals surface area contributed by atoms with Crippen molar-refractivity contribution in [1.82, 2.24) is 4.90 Å². The standard InChI is InChI=1S/C11H12ClNO3/c1-13(11(14)5-12)6-8-2-3-9-10(4-8)16-7-15-9/h2-4H,5-7H2,1H3. The van der Waals surface area contributed by atoms with Gasteiger partial charge in [-0.25, -0.2) is 0 Å². The molecule has 2 rings (SSSR count). The molecule has 1 aliphatic heterocycles. The lowest BCUT2D eigenvalue weighted by Crippen LogP contribution is -2.26. The lowest BCUT2D eigenvalue weighted by atomic mass is 10.2. The summed E-state index contributed by atoms with van der Waals surface area (Å²) in [5.41, 5.74) is 0.991. The average molecular weight is 242 g/mol. The summed E-state index contributed by atoms with van der Waals surface area (Å²) < 4.78 is 10.5. The molecule has 0 saturated heterocycles. The Bertz CT molecular complexity index is 408. The van der Waals surface area contributed by atoms with Gasteiger partial charge in [0.15, 0.2) is 11.5 Å². The molecular formula is C11H12ClNO3. The Balaban J connectivity index is 2.08. The fourth-order valence-electron chi connectivity index (χ4n) is 1.50. The summed E-state index contributed by atoms with van der Waals surface area (Å²) in [5.74, 6) is 1.37. The van der Waals surface area contributed by atoms with Gasteiger partial charge in [-0.15, -0.1) is 11.6 Å². The molecule has 0 atom stereocenters. The smallest absolute Gasteiger partial charge is 0.237 e. The molecule has 1 heterocycles. The number of halogens is 1. The lowest BCUT2D eigenvalue weighted by molar-refractivity contribution is -0.127. The van der Waals surface area contributed by atoms with Crippen LogP contribution in [0.4, 0.5) is 0 Å². The zero-order valence-electron chi connectivity index (χ0n) is 8.90. The van der Waals surface area contributed by atoms with Crippen LogP contribution in [0.15, 0.2) is 18.2 Å². The second-order valence-electron chi connectivity index (χ2n) is 3.57. The first kappa shape index (κ1) is 11.1. The summed E-state index contributed by atoms with van der Waals surface area (Å²) in [6.45, 7) is 0.775. The van der Waals surface area contributed by atoms with Crippen LogP contribution in [0.25, 0.3) is 0 Å². The zero-order chi connectivity index (χ0) is 11.5. The van der Waals surface area contributed by atoms with Gasteiger partial charge in [0.25, 0.3) is 0 Å². The highest BCUT2D eigenvalue weighted by molar-refractivity contribution is 6.27. The van der Waals surface area contributed by atoms with Crippen LogP contribution in [-0.4, -0.2) is 30.5 Å². The van der Waals surface area contributed by atoms with E-state index >= 15 is 0 Å². The van der Waals surface area contributed by atoms with E-state index in [2.05, 4.69) is 0 Å². The molecule has 0 N–H and O–H groups in total. The summed E-state index contributed by atoms with van der Waals surface area (Å²) in [5, 5.41) is 0. The molecule has 16 heavy (non-hydrogen) atoms. The molecule has 0 spiro atoms. The van der Waals surface area contributed by atoms with Crippen molar-refractivity contribution in [2.75, 3.05) is 19.7 Å². The van der Waals surface area contributed by atoms with Crippen molar-refractivity contribution in [2.24, 2.45) is 0 Å². The van der Waals surface area contributed by atoms with Crippen LogP contribution in [0.1, 0.15) is 5.56 Å².